The number of carbonyl (C=O) groups excluding carboxylic acids is 2. The van der Waals surface area contributed by atoms with E-state index in [1.165, 1.54) is 6.92 Å². The van der Waals surface area contributed by atoms with Crippen LogP contribution in [0.2, 0.25) is 0 Å². The van der Waals surface area contributed by atoms with Gasteiger partial charge in [-0.25, -0.2) is 0 Å². The third kappa shape index (κ3) is 5.93. The minimum absolute atomic E-state index is 0.0295. The van der Waals surface area contributed by atoms with Gasteiger partial charge in [0.2, 0.25) is 5.91 Å². The molecule has 1 saturated heterocycles. The standard InChI is InChI=1S/C17H28N4O2/c1-4-6-8-19(7-5-2)14-16(13-18)17(23)21-11-9-20(10-12-21)15(3)22/h14H,4-12H2,1-3H3/b16-14-. The lowest BCUT2D eigenvalue weighted by molar-refractivity contribution is -0.136. The molecule has 0 aliphatic carbocycles. The van der Waals surface area contributed by atoms with Gasteiger partial charge in [0.25, 0.3) is 5.91 Å². The van der Waals surface area contributed by atoms with E-state index in [2.05, 4.69) is 18.7 Å². The molecule has 0 aromatic heterocycles. The molecule has 1 rings (SSSR count). The number of rotatable bonds is 7. The highest BCUT2D eigenvalue weighted by molar-refractivity contribution is 5.97. The summed E-state index contributed by atoms with van der Waals surface area (Å²) in [6.07, 6.45) is 4.81. The molecule has 128 valence electrons. The molecule has 0 aromatic carbocycles. The average molecular weight is 320 g/mol. The Bertz CT molecular complexity index is 473. The van der Waals surface area contributed by atoms with Gasteiger partial charge in [-0.05, 0) is 12.8 Å². The van der Waals surface area contributed by atoms with Gasteiger partial charge >= 0.3 is 0 Å². The highest BCUT2D eigenvalue weighted by Gasteiger charge is 2.25. The highest BCUT2D eigenvalue weighted by atomic mass is 16.2. The number of hydrogen-bond donors (Lipinski definition) is 0. The van der Waals surface area contributed by atoms with Gasteiger partial charge in [-0.2, -0.15) is 5.26 Å². The van der Waals surface area contributed by atoms with Gasteiger partial charge in [0.1, 0.15) is 11.6 Å². The van der Waals surface area contributed by atoms with Crippen LogP contribution < -0.4 is 0 Å². The summed E-state index contributed by atoms with van der Waals surface area (Å²) in [5.74, 6) is -0.199. The van der Waals surface area contributed by atoms with Gasteiger partial charge in [-0.3, -0.25) is 9.59 Å². The predicted octanol–water partition coefficient (Wildman–Crippen LogP) is 1.60. The number of hydrogen-bond acceptors (Lipinski definition) is 4. The van der Waals surface area contributed by atoms with E-state index in [1.807, 2.05) is 6.07 Å². The van der Waals surface area contributed by atoms with Crippen LogP contribution in [0.5, 0.6) is 0 Å². The Labute approximate surface area is 139 Å². The summed E-state index contributed by atoms with van der Waals surface area (Å²) in [6, 6.07) is 2.05. The first-order chi connectivity index (χ1) is 11.0. The molecule has 0 bridgehead atoms. The fourth-order valence-corrected chi connectivity index (χ4v) is 2.60. The van der Waals surface area contributed by atoms with E-state index in [4.69, 9.17) is 0 Å². The molecule has 0 spiro atoms. The predicted molar refractivity (Wildman–Crippen MR) is 89.3 cm³/mol. The van der Waals surface area contributed by atoms with Crippen molar-refractivity contribution in [3.05, 3.63) is 11.8 Å². The summed E-state index contributed by atoms with van der Waals surface area (Å²) in [6.45, 7) is 9.50. The molecule has 0 saturated carbocycles. The first kappa shape index (κ1) is 19.0. The van der Waals surface area contributed by atoms with Crippen molar-refractivity contribution in [3.63, 3.8) is 0 Å². The monoisotopic (exact) mass is 320 g/mol. The van der Waals surface area contributed by atoms with Crippen molar-refractivity contribution >= 4 is 11.8 Å². The van der Waals surface area contributed by atoms with Crippen LogP contribution in [0, 0.1) is 11.3 Å². The van der Waals surface area contributed by atoms with Crippen LogP contribution in [0.1, 0.15) is 40.0 Å². The minimum atomic E-state index is -0.228. The summed E-state index contributed by atoms with van der Waals surface area (Å²) in [5, 5.41) is 9.35. The second kappa shape index (κ2) is 9.88. The zero-order valence-corrected chi connectivity index (χ0v) is 14.5. The van der Waals surface area contributed by atoms with E-state index < -0.39 is 0 Å². The molecule has 1 fully saturated rings. The molecule has 0 N–H and O–H groups in total. The molecule has 6 nitrogen and oxygen atoms in total. The van der Waals surface area contributed by atoms with Crippen LogP contribution in [0.25, 0.3) is 0 Å². The van der Waals surface area contributed by atoms with Crippen molar-refractivity contribution in [2.75, 3.05) is 39.3 Å². The lowest BCUT2D eigenvalue weighted by atomic mass is 10.2. The second-order valence-electron chi connectivity index (χ2n) is 5.84. The first-order valence-corrected chi connectivity index (χ1v) is 8.44. The van der Waals surface area contributed by atoms with E-state index in [-0.39, 0.29) is 17.4 Å². The van der Waals surface area contributed by atoms with Crippen molar-refractivity contribution in [1.29, 1.82) is 5.26 Å². The summed E-state index contributed by atoms with van der Waals surface area (Å²) in [7, 11) is 0. The molecule has 23 heavy (non-hydrogen) atoms. The van der Waals surface area contributed by atoms with E-state index in [1.54, 1.807) is 16.0 Å². The SMILES string of the molecule is CCCCN(/C=C(/C#N)C(=O)N1CCN(C(C)=O)CC1)CCC. The number of carbonyl (C=O) groups is 2. The molecule has 0 aromatic rings. The zero-order chi connectivity index (χ0) is 17.2. The van der Waals surface area contributed by atoms with Gasteiger partial charge in [-0.15, -0.1) is 0 Å². The number of amides is 2. The van der Waals surface area contributed by atoms with Crippen molar-refractivity contribution in [2.24, 2.45) is 0 Å². The normalized spacial score (nSPS) is 15.3. The Hall–Kier alpha value is -2.03. The smallest absolute Gasteiger partial charge is 0.266 e. The van der Waals surface area contributed by atoms with Gasteiger partial charge in [-0.1, -0.05) is 20.3 Å². The Morgan fingerprint density at radius 2 is 1.70 bits per heavy atom. The molecule has 0 radical (unpaired) electrons. The van der Waals surface area contributed by atoms with E-state index in [9.17, 15) is 14.9 Å². The van der Waals surface area contributed by atoms with Crippen LogP contribution in [-0.4, -0.2) is 65.8 Å². The Morgan fingerprint density at radius 3 is 2.17 bits per heavy atom. The molecule has 0 unspecified atom stereocenters. The molecular formula is C17H28N4O2. The number of nitrogens with zero attached hydrogens (tertiary/aromatic N) is 4. The maximum atomic E-state index is 12.5. The minimum Gasteiger partial charge on any atom is -0.376 e. The molecule has 1 heterocycles. The van der Waals surface area contributed by atoms with Crippen LogP contribution >= 0.6 is 0 Å². The quantitative estimate of drug-likeness (QED) is 0.528. The fourth-order valence-electron chi connectivity index (χ4n) is 2.60. The van der Waals surface area contributed by atoms with Gasteiger partial charge < -0.3 is 14.7 Å². The summed E-state index contributed by atoms with van der Waals surface area (Å²) >= 11 is 0. The lowest BCUT2D eigenvalue weighted by Gasteiger charge is -2.34. The van der Waals surface area contributed by atoms with Crippen molar-refractivity contribution < 1.29 is 9.59 Å². The highest BCUT2D eigenvalue weighted by Crippen LogP contribution is 2.09. The molecule has 0 atom stereocenters. The first-order valence-electron chi connectivity index (χ1n) is 8.44. The number of nitriles is 1. The Kier molecular flexibility index (Phi) is 8.17. The molecular weight excluding hydrogens is 292 g/mol. The second-order valence-corrected chi connectivity index (χ2v) is 5.84. The van der Waals surface area contributed by atoms with Crippen LogP contribution in [0.3, 0.4) is 0 Å². The van der Waals surface area contributed by atoms with E-state index >= 15 is 0 Å². The van der Waals surface area contributed by atoms with E-state index in [0.717, 1.165) is 32.4 Å². The van der Waals surface area contributed by atoms with Crippen LogP contribution in [0.15, 0.2) is 11.8 Å². The lowest BCUT2D eigenvalue weighted by Crippen LogP contribution is -2.50. The number of piperazine rings is 1. The van der Waals surface area contributed by atoms with Crippen LogP contribution in [0.4, 0.5) is 0 Å². The largest absolute Gasteiger partial charge is 0.376 e. The third-order valence-corrected chi connectivity index (χ3v) is 3.98. The van der Waals surface area contributed by atoms with Crippen molar-refractivity contribution in [3.8, 4) is 6.07 Å². The fraction of sp³-hybridized carbons (Fsp3) is 0.706. The molecule has 1 aliphatic rings. The van der Waals surface area contributed by atoms with Gasteiger partial charge in [0.15, 0.2) is 0 Å². The number of unbranched alkanes of at least 4 members (excludes halogenated alkanes) is 1. The van der Waals surface area contributed by atoms with Crippen LogP contribution in [-0.2, 0) is 9.59 Å². The summed E-state index contributed by atoms with van der Waals surface area (Å²) in [5.41, 5.74) is 0.186. The van der Waals surface area contributed by atoms with Gasteiger partial charge in [0, 0.05) is 52.4 Å². The topological polar surface area (TPSA) is 67.7 Å². The Balaban J connectivity index is 2.72. The molecule has 1 aliphatic heterocycles. The zero-order valence-electron chi connectivity index (χ0n) is 14.5. The van der Waals surface area contributed by atoms with E-state index in [0.29, 0.717) is 26.2 Å². The maximum Gasteiger partial charge on any atom is 0.266 e. The van der Waals surface area contributed by atoms with Crippen molar-refractivity contribution in [1.82, 2.24) is 14.7 Å². The summed E-state index contributed by atoms with van der Waals surface area (Å²) < 4.78 is 0. The van der Waals surface area contributed by atoms with Gasteiger partial charge in [0.05, 0.1) is 0 Å². The summed E-state index contributed by atoms with van der Waals surface area (Å²) in [4.78, 5) is 29.3. The van der Waals surface area contributed by atoms with Crippen molar-refractivity contribution in [2.45, 2.75) is 40.0 Å². The third-order valence-electron chi connectivity index (χ3n) is 3.98. The maximum absolute atomic E-state index is 12.5. The Morgan fingerprint density at radius 1 is 1.09 bits per heavy atom. The molecule has 2 amide bonds. The average Bonchev–Trinajstić information content (AvgIpc) is 2.56. The molecule has 6 heteroatoms.